The normalized spacial score (nSPS) is 17.7. The molecule has 0 radical (unpaired) electrons. The Morgan fingerprint density at radius 3 is 3.04 bits per heavy atom. The summed E-state index contributed by atoms with van der Waals surface area (Å²) in [5.41, 5.74) is -0.292. The highest BCUT2D eigenvalue weighted by Gasteiger charge is 2.29. The molecular weight excluding hydrogens is 332 g/mol. The minimum atomic E-state index is -0.391. The molecule has 0 bridgehead atoms. The van der Waals surface area contributed by atoms with Crippen LogP contribution in [0.5, 0.6) is 0 Å². The van der Waals surface area contributed by atoms with Crippen LogP contribution < -0.4 is 5.56 Å². The van der Waals surface area contributed by atoms with Crippen molar-refractivity contribution in [3.8, 4) is 0 Å². The number of likely N-dealkylation sites (tertiary alicyclic amines) is 1. The van der Waals surface area contributed by atoms with E-state index in [0.29, 0.717) is 13.1 Å². The zero-order chi connectivity index (χ0) is 18.5. The van der Waals surface area contributed by atoms with Crippen molar-refractivity contribution < 1.29 is 4.79 Å². The summed E-state index contributed by atoms with van der Waals surface area (Å²) in [4.78, 5) is 39.4. The third-order valence-electron chi connectivity index (χ3n) is 4.77. The molecule has 3 rings (SSSR count). The maximum atomic E-state index is 12.7. The topological polar surface area (TPSA) is 87.1 Å². The second kappa shape index (κ2) is 8.27. The van der Waals surface area contributed by atoms with E-state index < -0.39 is 5.56 Å². The first-order chi connectivity index (χ1) is 12.6. The number of carbonyl (C=O) groups excluding carboxylic acids is 1. The molecule has 0 unspecified atom stereocenters. The van der Waals surface area contributed by atoms with Gasteiger partial charge in [0, 0.05) is 44.1 Å². The number of hydrogen-bond donors (Lipinski definition) is 1. The van der Waals surface area contributed by atoms with Gasteiger partial charge in [0.1, 0.15) is 11.4 Å². The van der Waals surface area contributed by atoms with Gasteiger partial charge in [-0.05, 0) is 39.9 Å². The van der Waals surface area contributed by atoms with Crippen LogP contribution in [0, 0.1) is 0 Å². The average Bonchev–Trinajstić information content (AvgIpc) is 3.10. The third-order valence-corrected chi connectivity index (χ3v) is 4.77. The molecule has 1 aliphatic rings. The van der Waals surface area contributed by atoms with Gasteiger partial charge in [0.15, 0.2) is 0 Å². The number of aromatic nitrogens is 4. The summed E-state index contributed by atoms with van der Waals surface area (Å²) >= 11 is 0. The molecule has 2 aromatic heterocycles. The summed E-state index contributed by atoms with van der Waals surface area (Å²) in [6, 6.07) is 0. The number of hydrogen-bond acceptors (Lipinski definition) is 5. The molecule has 1 fully saturated rings. The summed E-state index contributed by atoms with van der Waals surface area (Å²) in [5.74, 6) is 0.967. The quantitative estimate of drug-likeness (QED) is 0.830. The van der Waals surface area contributed by atoms with Crippen LogP contribution >= 0.6 is 0 Å². The Bertz CT molecular complexity index is 797. The Kier molecular flexibility index (Phi) is 5.82. The zero-order valence-electron chi connectivity index (χ0n) is 15.4. The van der Waals surface area contributed by atoms with Crippen molar-refractivity contribution in [1.82, 2.24) is 29.3 Å². The molecule has 3 heterocycles. The zero-order valence-corrected chi connectivity index (χ0v) is 15.4. The van der Waals surface area contributed by atoms with E-state index in [1.54, 1.807) is 4.90 Å². The summed E-state index contributed by atoms with van der Waals surface area (Å²) < 4.78 is 2.19. The highest BCUT2D eigenvalue weighted by Crippen LogP contribution is 2.26. The fraction of sp³-hybridized carbons (Fsp3) is 0.556. The van der Waals surface area contributed by atoms with Gasteiger partial charge in [0.2, 0.25) is 0 Å². The van der Waals surface area contributed by atoms with Crippen LogP contribution in [0.4, 0.5) is 0 Å². The van der Waals surface area contributed by atoms with Gasteiger partial charge in [0.25, 0.3) is 11.5 Å². The van der Waals surface area contributed by atoms with Gasteiger partial charge < -0.3 is 19.4 Å². The van der Waals surface area contributed by atoms with Crippen molar-refractivity contribution in [1.29, 1.82) is 0 Å². The largest absolute Gasteiger partial charge is 0.338 e. The fourth-order valence-corrected chi connectivity index (χ4v) is 3.47. The first kappa shape index (κ1) is 18.3. The smallest absolute Gasteiger partial charge is 0.263 e. The predicted octanol–water partition coefficient (Wildman–Crippen LogP) is 0.938. The average molecular weight is 358 g/mol. The Hall–Kier alpha value is -2.48. The number of rotatable bonds is 6. The van der Waals surface area contributed by atoms with E-state index in [1.165, 1.54) is 12.5 Å². The number of piperidine rings is 1. The number of amides is 1. The number of H-pyrrole nitrogens is 1. The van der Waals surface area contributed by atoms with E-state index in [0.717, 1.165) is 38.2 Å². The van der Waals surface area contributed by atoms with Gasteiger partial charge in [-0.1, -0.05) is 0 Å². The van der Waals surface area contributed by atoms with E-state index >= 15 is 0 Å². The molecule has 140 valence electrons. The molecule has 2 aromatic rings. The molecular formula is C18H26N6O2. The number of imidazole rings is 1. The van der Waals surface area contributed by atoms with E-state index in [-0.39, 0.29) is 17.4 Å². The molecule has 0 aliphatic carbocycles. The lowest BCUT2D eigenvalue weighted by molar-refractivity contribution is 0.0701. The number of aryl methyl sites for hydroxylation is 1. The monoisotopic (exact) mass is 358 g/mol. The molecule has 1 atom stereocenters. The molecule has 26 heavy (non-hydrogen) atoms. The first-order valence-electron chi connectivity index (χ1n) is 9.04. The van der Waals surface area contributed by atoms with Crippen LogP contribution in [0.25, 0.3) is 0 Å². The Morgan fingerprint density at radius 2 is 2.27 bits per heavy atom. The Labute approximate surface area is 152 Å². The van der Waals surface area contributed by atoms with E-state index in [2.05, 4.69) is 38.5 Å². The summed E-state index contributed by atoms with van der Waals surface area (Å²) in [5, 5.41) is 0. The maximum Gasteiger partial charge on any atom is 0.263 e. The first-order valence-corrected chi connectivity index (χ1v) is 9.04. The molecule has 8 heteroatoms. The lowest BCUT2D eigenvalue weighted by Gasteiger charge is -2.32. The van der Waals surface area contributed by atoms with Crippen LogP contribution in [-0.4, -0.2) is 69.0 Å². The van der Waals surface area contributed by atoms with Crippen LogP contribution in [0.3, 0.4) is 0 Å². The van der Waals surface area contributed by atoms with Crippen LogP contribution in [0.15, 0.2) is 29.7 Å². The molecule has 1 N–H and O–H groups in total. The van der Waals surface area contributed by atoms with Crippen molar-refractivity contribution in [2.24, 2.45) is 0 Å². The van der Waals surface area contributed by atoms with Crippen LogP contribution in [-0.2, 0) is 6.54 Å². The molecule has 1 aliphatic heterocycles. The van der Waals surface area contributed by atoms with Crippen molar-refractivity contribution in [3.05, 3.63) is 46.7 Å². The van der Waals surface area contributed by atoms with Crippen molar-refractivity contribution in [3.63, 3.8) is 0 Å². The highest BCUT2D eigenvalue weighted by atomic mass is 16.2. The van der Waals surface area contributed by atoms with Gasteiger partial charge >= 0.3 is 0 Å². The fourth-order valence-electron chi connectivity index (χ4n) is 3.47. The molecule has 8 nitrogen and oxygen atoms in total. The standard InChI is InChI=1S/C18H26N6O2/c1-22(2)7-4-9-23-10-6-20-16(23)14-5-3-8-24(12-14)18(26)15-11-19-13-21-17(15)25/h6,10-11,13-14H,3-5,7-9,12H2,1-2H3,(H,19,21,25)/t14-/m1/s1. The van der Waals surface area contributed by atoms with Crippen molar-refractivity contribution in [2.45, 2.75) is 31.7 Å². The van der Waals surface area contributed by atoms with Gasteiger partial charge in [-0.2, -0.15) is 0 Å². The van der Waals surface area contributed by atoms with Crippen molar-refractivity contribution in [2.75, 3.05) is 33.7 Å². The molecule has 0 aromatic carbocycles. The van der Waals surface area contributed by atoms with Crippen LogP contribution in [0.1, 0.15) is 41.4 Å². The SMILES string of the molecule is CN(C)CCCn1ccnc1[C@@H]1CCCN(C(=O)c2cnc[nH]c2=O)C1. The lowest BCUT2D eigenvalue weighted by atomic mass is 9.96. The van der Waals surface area contributed by atoms with E-state index in [4.69, 9.17) is 0 Å². The van der Waals surface area contributed by atoms with E-state index in [1.807, 2.05) is 12.4 Å². The summed E-state index contributed by atoms with van der Waals surface area (Å²) in [6.07, 6.45) is 9.43. The minimum Gasteiger partial charge on any atom is -0.338 e. The Morgan fingerprint density at radius 1 is 1.42 bits per heavy atom. The second-order valence-corrected chi connectivity index (χ2v) is 7.02. The van der Waals surface area contributed by atoms with Gasteiger partial charge in [-0.25, -0.2) is 9.97 Å². The van der Waals surface area contributed by atoms with Gasteiger partial charge in [0.05, 0.1) is 6.33 Å². The third kappa shape index (κ3) is 4.19. The van der Waals surface area contributed by atoms with Gasteiger partial charge in [-0.3, -0.25) is 9.59 Å². The second-order valence-electron chi connectivity index (χ2n) is 7.02. The molecule has 0 saturated carbocycles. The maximum absolute atomic E-state index is 12.7. The summed E-state index contributed by atoms with van der Waals surface area (Å²) in [7, 11) is 4.14. The lowest BCUT2D eigenvalue weighted by Crippen LogP contribution is -2.41. The molecule has 0 spiro atoms. The predicted molar refractivity (Wildman–Crippen MR) is 98.1 cm³/mol. The number of nitrogens with one attached hydrogen (secondary N) is 1. The minimum absolute atomic E-state index is 0.0995. The number of aromatic amines is 1. The van der Waals surface area contributed by atoms with E-state index in [9.17, 15) is 9.59 Å². The molecule has 1 saturated heterocycles. The number of nitrogens with zero attached hydrogens (tertiary/aromatic N) is 5. The molecule has 1 amide bonds. The Balaban J connectivity index is 1.69. The number of carbonyl (C=O) groups is 1. The van der Waals surface area contributed by atoms with Crippen LogP contribution in [0.2, 0.25) is 0 Å². The summed E-state index contributed by atoms with van der Waals surface area (Å²) in [6.45, 7) is 3.18. The highest BCUT2D eigenvalue weighted by molar-refractivity contribution is 5.93. The van der Waals surface area contributed by atoms with Gasteiger partial charge in [-0.15, -0.1) is 0 Å². The van der Waals surface area contributed by atoms with Crippen molar-refractivity contribution >= 4 is 5.91 Å².